The molecule has 1 saturated heterocycles. The lowest BCUT2D eigenvalue weighted by atomic mass is 10.2. The molecule has 0 aliphatic carbocycles. The molecule has 0 N–H and O–H groups in total. The summed E-state index contributed by atoms with van der Waals surface area (Å²) in [6, 6.07) is 20.3. The summed E-state index contributed by atoms with van der Waals surface area (Å²) in [5.74, 6) is 0.796. The van der Waals surface area contributed by atoms with Crippen LogP contribution in [0.3, 0.4) is 0 Å². The second-order valence-corrected chi connectivity index (χ2v) is 6.92. The first kappa shape index (κ1) is 18.0. The minimum absolute atomic E-state index is 0.0536. The van der Waals surface area contributed by atoms with Crippen molar-refractivity contribution in [3.8, 4) is 5.69 Å². The van der Waals surface area contributed by atoms with Gasteiger partial charge in [-0.15, -0.1) is 5.10 Å². The average Bonchev–Trinajstić information content (AvgIpc) is 2.75. The van der Waals surface area contributed by atoms with E-state index in [1.807, 2.05) is 66.4 Å². The maximum atomic E-state index is 12.6. The quantitative estimate of drug-likeness (QED) is 0.707. The van der Waals surface area contributed by atoms with Gasteiger partial charge in [-0.3, -0.25) is 9.59 Å². The van der Waals surface area contributed by atoms with Crippen LogP contribution in [0.1, 0.15) is 15.9 Å². The van der Waals surface area contributed by atoms with Crippen LogP contribution in [0.25, 0.3) is 5.69 Å². The van der Waals surface area contributed by atoms with Crippen molar-refractivity contribution in [1.82, 2.24) is 14.7 Å². The summed E-state index contributed by atoms with van der Waals surface area (Å²) >= 11 is 0. The fraction of sp³-hybridized carbons (Fsp3) is 0.227. The first-order valence-corrected chi connectivity index (χ1v) is 9.38. The van der Waals surface area contributed by atoms with Crippen LogP contribution in [0.15, 0.2) is 71.5 Å². The lowest BCUT2D eigenvalue weighted by molar-refractivity contribution is 0.0746. The van der Waals surface area contributed by atoms with Gasteiger partial charge in [-0.1, -0.05) is 35.9 Å². The number of anilines is 1. The van der Waals surface area contributed by atoms with Crippen molar-refractivity contribution in [2.24, 2.45) is 0 Å². The third kappa shape index (κ3) is 3.67. The molecule has 1 aliphatic heterocycles. The first-order valence-electron chi connectivity index (χ1n) is 9.38. The molecule has 6 heteroatoms. The largest absolute Gasteiger partial charge is 0.352 e. The molecular formula is C22H22N4O2. The van der Waals surface area contributed by atoms with Gasteiger partial charge in [-0.05, 0) is 37.3 Å². The third-order valence-corrected chi connectivity index (χ3v) is 4.98. The van der Waals surface area contributed by atoms with E-state index in [0.717, 1.165) is 17.1 Å². The normalized spacial score (nSPS) is 14.2. The van der Waals surface area contributed by atoms with E-state index in [1.165, 1.54) is 4.68 Å². The van der Waals surface area contributed by atoms with Crippen molar-refractivity contribution in [1.29, 1.82) is 0 Å². The van der Waals surface area contributed by atoms with Crippen molar-refractivity contribution < 1.29 is 4.79 Å². The number of aryl methyl sites for hydroxylation is 1. The van der Waals surface area contributed by atoms with E-state index in [9.17, 15) is 9.59 Å². The minimum Gasteiger partial charge on any atom is -0.352 e. The van der Waals surface area contributed by atoms with E-state index in [-0.39, 0.29) is 11.5 Å². The molecule has 142 valence electrons. The summed E-state index contributed by atoms with van der Waals surface area (Å²) in [7, 11) is 0. The van der Waals surface area contributed by atoms with Gasteiger partial charge in [0.1, 0.15) is 5.82 Å². The monoisotopic (exact) mass is 374 g/mol. The molecule has 0 spiro atoms. The molecule has 3 aromatic rings. The van der Waals surface area contributed by atoms with Gasteiger partial charge in [0.2, 0.25) is 0 Å². The van der Waals surface area contributed by atoms with Gasteiger partial charge in [-0.25, -0.2) is 0 Å². The van der Waals surface area contributed by atoms with Crippen LogP contribution in [0.4, 0.5) is 5.82 Å². The molecule has 1 amide bonds. The van der Waals surface area contributed by atoms with E-state index < -0.39 is 0 Å². The van der Waals surface area contributed by atoms with Crippen molar-refractivity contribution >= 4 is 11.7 Å². The molecule has 2 heterocycles. The highest BCUT2D eigenvalue weighted by atomic mass is 16.2. The zero-order valence-electron chi connectivity index (χ0n) is 15.8. The molecule has 0 atom stereocenters. The molecule has 0 bridgehead atoms. The maximum Gasteiger partial charge on any atom is 0.271 e. The van der Waals surface area contributed by atoms with Crippen LogP contribution in [-0.2, 0) is 0 Å². The fourth-order valence-corrected chi connectivity index (χ4v) is 3.34. The fourth-order valence-electron chi connectivity index (χ4n) is 3.34. The number of benzene rings is 2. The SMILES string of the molecule is Cc1ccc(-n2nc(N3CCN(C(=O)c4ccccc4)CC3)ccc2=O)cc1. The smallest absolute Gasteiger partial charge is 0.271 e. The van der Waals surface area contributed by atoms with Crippen molar-refractivity contribution in [2.45, 2.75) is 6.92 Å². The summed E-state index contributed by atoms with van der Waals surface area (Å²) in [6.45, 7) is 4.61. The predicted octanol–water partition coefficient (Wildman–Crippen LogP) is 2.50. The van der Waals surface area contributed by atoms with Crippen molar-refractivity contribution in [3.63, 3.8) is 0 Å². The Kier molecular flexibility index (Phi) is 4.93. The number of piperazine rings is 1. The van der Waals surface area contributed by atoms with Crippen LogP contribution in [-0.4, -0.2) is 46.8 Å². The zero-order chi connectivity index (χ0) is 19.5. The number of hydrogen-bond donors (Lipinski definition) is 0. The molecule has 1 fully saturated rings. The number of hydrogen-bond acceptors (Lipinski definition) is 4. The highest BCUT2D eigenvalue weighted by Gasteiger charge is 2.23. The van der Waals surface area contributed by atoms with Gasteiger partial charge in [0, 0.05) is 37.8 Å². The summed E-state index contributed by atoms with van der Waals surface area (Å²) < 4.78 is 1.43. The lowest BCUT2D eigenvalue weighted by Gasteiger charge is -2.35. The summed E-state index contributed by atoms with van der Waals surface area (Å²) in [6.07, 6.45) is 0. The Balaban J connectivity index is 1.49. The van der Waals surface area contributed by atoms with E-state index in [0.29, 0.717) is 31.7 Å². The molecule has 28 heavy (non-hydrogen) atoms. The van der Waals surface area contributed by atoms with Crippen LogP contribution < -0.4 is 10.5 Å². The molecule has 0 unspecified atom stereocenters. The van der Waals surface area contributed by atoms with Crippen molar-refractivity contribution in [2.75, 3.05) is 31.1 Å². The van der Waals surface area contributed by atoms with Gasteiger partial charge >= 0.3 is 0 Å². The van der Waals surface area contributed by atoms with E-state index in [1.54, 1.807) is 12.1 Å². The van der Waals surface area contributed by atoms with Gasteiger partial charge < -0.3 is 9.80 Å². The molecule has 0 saturated carbocycles. The Labute approximate surface area is 163 Å². The molecule has 1 aliphatic rings. The highest BCUT2D eigenvalue weighted by Crippen LogP contribution is 2.15. The van der Waals surface area contributed by atoms with Gasteiger partial charge in [0.15, 0.2) is 0 Å². The van der Waals surface area contributed by atoms with Gasteiger partial charge in [0.05, 0.1) is 5.69 Å². The molecule has 1 aromatic heterocycles. The second kappa shape index (κ2) is 7.68. The Morgan fingerprint density at radius 3 is 2.21 bits per heavy atom. The lowest BCUT2D eigenvalue weighted by Crippen LogP contribution is -2.49. The number of aromatic nitrogens is 2. The number of rotatable bonds is 3. The number of carbonyl (C=O) groups excluding carboxylic acids is 1. The highest BCUT2D eigenvalue weighted by molar-refractivity contribution is 5.94. The average molecular weight is 374 g/mol. The van der Waals surface area contributed by atoms with E-state index in [2.05, 4.69) is 10.00 Å². The Morgan fingerprint density at radius 2 is 1.54 bits per heavy atom. The molecule has 6 nitrogen and oxygen atoms in total. The number of amides is 1. The molecule has 2 aromatic carbocycles. The summed E-state index contributed by atoms with van der Waals surface area (Å²) in [5.41, 5.74) is 2.43. The Bertz CT molecular complexity index is 1020. The third-order valence-electron chi connectivity index (χ3n) is 4.98. The van der Waals surface area contributed by atoms with Crippen LogP contribution >= 0.6 is 0 Å². The topological polar surface area (TPSA) is 58.4 Å². The Hall–Kier alpha value is -3.41. The summed E-state index contributed by atoms with van der Waals surface area (Å²) in [5, 5.41) is 4.55. The van der Waals surface area contributed by atoms with Crippen LogP contribution in [0, 0.1) is 6.92 Å². The molecule has 0 radical (unpaired) electrons. The summed E-state index contributed by atoms with van der Waals surface area (Å²) in [4.78, 5) is 28.8. The Morgan fingerprint density at radius 1 is 0.857 bits per heavy atom. The maximum absolute atomic E-state index is 12.6. The number of carbonyl (C=O) groups is 1. The predicted molar refractivity (Wildman–Crippen MR) is 109 cm³/mol. The second-order valence-electron chi connectivity index (χ2n) is 6.92. The standard InChI is InChI=1S/C22H22N4O2/c1-17-7-9-19(10-8-17)26-21(27)12-11-20(23-26)24-13-15-25(16-14-24)22(28)18-5-3-2-4-6-18/h2-12H,13-16H2,1H3. The van der Waals surface area contributed by atoms with E-state index >= 15 is 0 Å². The minimum atomic E-state index is -0.162. The van der Waals surface area contributed by atoms with Crippen molar-refractivity contribution in [3.05, 3.63) is 88.2 Å². The molecule has 4 rings (SSSR count). The van der Waals surface area contributed by atoms with Gasteiger partial charge in [0.25, 0.3) is 11.5 Å². The molecular weight excluding hydrogens is 352 g/mol. The van der Waals surface area contributed by atoms with Gasteiger partial charge in [-0.2, -0.15) is 4.68 Å². The van der Waals surface area contributed by atoms with E-state index in [4.69, 9.17) is 0 Å². The van der Waals surface area contributed by atoms with Crippen LogP contribution in [0.5, 0.6) is 0 Å². The van der Waals surface area contributed by atoms with Crippen LogP contribution in [0.2, 0.25) is 0 Å². The zero-order valence-corrected chi connectivity index (χ0v) is 15.8. The number of nitrogens with zero attached hydrogens (tertiary/aromatic N) is 4. The first-order chi connectivity index (χ1) is 13.6.